The zero-order chi connectivity index (χ0) is 11.5. The molecule has 0 aliphatic carbocycles. The van der Waals surface area contributed by atoms with Crippen molar-refractivity contribution >= 4 is 18.1 Å². The van der Waals surface area contributed by atoms with Gasteiger partial charge >= 0.3 is 0 Å². The predicted octanol–water partition coefficient (Wildman–Crippen LogP) is 1.34. The molecule has 1 atom stereocenters. The Morgan fingerprint density at radius 2 is 2.44 bits per heavy atom. The summed E-state index contributed by atoms with van der Waals surface area (Å²) in [5, 5.41) is 9.83. The summed E-state index contributed by atoms with van der Waals surface area (Å²) in [5.41, 5.74) is 0. The van der Waals surface area contributed by atoms with Gasteiger partial charge in [-0.25, -0.2) is 0 Å². The average Bonchev–Trinajstić information content (AvgIpc) is 2.62. The van der Waals surface area contributed by atoms with Crippen LogP contribution in [0, 0.1) is 4.77 Å². The molecule has 1 aliphatic rings. The van der Waals surface area contributed by atoms with E-state index in [1.807, 2.05) is 4.57 Å². The first kappa shape index (κ1) is 11.3. The first-order chi connectivity index (χ1) is 7.74. The molecule has 0 bridgehead atoms. The maximum absolute atomic E-state index is 11.8. The summed E-state index contributed by atoms with van der Waals surface area (Å²) in [5.74, 6) is 0.940. The van der Waals surface area contributed by atoms with E-state index in [0.29, 0.717) is 4.77 Å². The number of aryl methyl sites for hydroxylation is 1. The highest BCUT2D eigenvalue weighted by Crippen LogP contribution is 2.20. The van der Waals surface area contributed by atoms with Crippen molar-refractivity contribution in [3.8, 4) is 0 Å². The zero-order valence-corrected chi connectivity index (χ0v) is 10.1. The lowest BCUT2D eigenvalue weighted by Crippen LogP contribution is -2.38. The Bertz CT molecular complexity index is 436. The monoisotopic (exact) mass is 240 g/mol. The maximum atomic E-state index is 11.8. The number of amides is 1. The number of hydrogen-bond acceptors (Lipinski definition) is 3. The van der Waals surface area contributed by atoms with Crippen LogP contribution in [0.4, 0.5) is 0 Å². The molecule has 6 heteroatoms. The van der Waals surface area contributed by atoms with Gasteiger partial charge in [0.1, 0.15) is 11.9 Å². The van der Waals surface area contributed by atoms with Gasteiger partial charge in [-0.1, -0.05) is 6.92 Å². The number of aromatic nitrogens is 3. The molecule has 5 nitrogen and oxygen atoms in total. The number of nitrogens with zero attached hydrogens (tertiary/aromatic N) is 2. The van der Waals surface area contributed by atoms with Crippen molar-refractivity contribution in [2.24, 2.45) is 0 Å². The highest BCUT2D eigenvalue weighted by Gasteiger charge is 2.26. The summed E-state index contributed by atoms with van der Waals surface area (Å²) in [6.45, 7) is 2.85. The fraction of sp³-hybridized carbons (Fsp3) is 0.700. The van der Waals surface area contributed by atoms with Gasteiger partial charge in [-0.3, -0.25) is 14.5 Å². The third-order valence-electron chi connectivity index (χ3n) is 2.82. The largest absolute Gasteiger partial charge is 0.354 e. The van der Waals surface area contributed by atoms with Crippen molar-refractivity contribution in [3.63, 3.8) is 0 Å². The molecule has 0 radical (unpaired) electrons. The molecule has 2 N–H and O–H groups in total. The molecule has 0 spiro atoms. The van der Waals surface area contributed by atoms with Crippen molar-refractivity contribution in [2.75, 3.05) is 6.54 Å². The van der Waals surface area contributed by atoms with Crippen LogP contribution in [0.1, 0.15) is 38.1 Å². The minimum Gasteiger partial charge on any atom is -0.354 e. The van der Waals surface area contributed by atoms with Crippen LogP contribution in [0.3, 0.4) is 0 Å². The molecule has 16 heavy (non-hydrogen) atoms. The number of carbonyl (C=O) groups is 1. The van der Waals surface area contributed by atoms with E-state index < -0.39 is 0 Å². The van der Waals surface area contributed by atoms with Gasteiger partial charge in [0.05, 0.1) is 0 Å². The lowest BCUT2D eigenvalue weighted by Gasteiger charge is -2.23. The number of carbonyl (C=O) groups excluding carboxylic acids is 1. The summed E-state index contributed by atoms with van der Waals surface area (Å²) < 4.78 is 2.42. The van der Waals surface area contributed by atoms with Crippen LogP contribution in [0.25, 0.3) is 0 Å². The van der Waals surface area contributed by atoms with E-state index in [0.717, 1.165) is 38.1 Å². The van der Waals surface area contributed by atoms with Gasteiger partial charge in [-0.05, 0) is 31.5 Å². The zero-order valence-electron chi connectivity index (χ0n) is 9.32. The van der Waals surface area contributed by atoms with Gasteiger partial charge in [-0.2, -0.15) is 5.10 Å². The van der Waals surface area contributed by atoms with Crippen LogP contribution in [0.5, 0.6) is 0 Å². The number of H-pyrrole nitrogens is 1. The Morgan fingerprint density at radius 1 is 1.62 bits per heavy atom. The van der Waals surface area contributed by atoms with Crippen LogP contribution in [0.15, 0.2) is 0 Å². The minimum atomic E-state index is -0.179. The molecule has 1 fully saturated rings. The van der Waals surface area contributed by atoms with Crippen LogP contribution in [-0.4, -0.2) is 27.2 Å². The summed E-state index contributed by atoms with van der Waals surface area (Å²) in [4.78, 5) is 11.8. The van der Waals surface area contributed by atoms with Gasteiger partial charge in [0, 0.05) is 13.0 Å². The quantitative estimate of drug-likeness (QED) is 0.784. The van der Waals surface area contributed by atoms with E-state index in [4.69, 9.17) is 12.2 Å². The Hall–Kier alpha value is -1.17. The summed E-state index contributed by atoms with van der Waals surface area (Å²) in [7, 11) is 0. The van der Waals surface area contributed by atoms with Crippen molar-refractivity contribution in [1.82, 2.24) is 20.1 Å². The third-order valence-corrected chi connectivity index (χ3v) is 3.11. The highest BCUT2D eigenvalue weighted by atomic mass is 32.1. The summed E-state index contributed by atoms with van der Waals surface area (Å²) in [6, 6.07) is -0.179. The van der Waals surface area contributed by atoms with E-state index >= 15 is 0 Å². The van der Waals surface area contributed by atoms with E-state index in [1.165, 1.54) is 0 Å². The number of nitrogens with one attached hydrogen (secondary N) is 2. The van der Waals surface area contributed by atoms with Crippen molar-refractivity contribution in [2.45, 2.75) is 38.6 Å². The first-order valence-electron chi connectivity index (χ1n) is 5.67. The Balaban J connectivity index is 2.33. The van der Waals surface area contributed by atoms with Crippen LogP contribution in [0.2, 0.25) is 0 Å². The van der Waals surface area contributed by atoms with E-state index in [2.05, 4.69) is 22.4 Å². The fourth-order valence-corrected chi connectivity index (χ4v) is 2.34. The average molecular weight is 240 g/mol. The van der Waals surface area contributed by atoms with E-state index in [9.17, 15) is 4.79 Å². The smallest absolute Gasteiger partial charge is 0.243 e. The molecule has 1 aromatic rings. The minimum absolute atomic E-state index is 0.0566. The topological polar surface area (TPSA) is 62.7 Å². The van der Waals surface area contributed by atoms with Crippen molar-refractivity contribution < 1.29 is 4.79 Å². The standard InChI is InChI=1S/C10H16N4OS/c1-2-4-8-12-13-10(16)14(8)7-5-3-6-11-9(7)15/h7H,2-6H2,1H3,(H,11,15)(H,13,16). The lowest BCUT2D eigenvalue weighted by atomic mass is 10.1. The van der Waals surface area contributed by atoms with Crippen LogP contribution >= 0.6 is 12.2 Å². The Morgan fingerprint density at radius 3 is 3.12 bits per heavy atom. The molecular weight excluding hydrogens is 224 g/mol. The molecule has 0 saturated carbocycles. The second-order valence-corrected chi connectivity index (χ2v) is 4.40. The molecule has 1 unspecified atom stereocenters. The molecule has 2 heterocycles. The number of piperidine rings is 1. The summed E-state index contributed by atoms with van der Waals surface area (Å²) in [6.07, 6.45) is 3.68. The molecule has 1 aromatic heterocycles. The molecule has 1 saturated heterocycles. The maximum Gasteiger partial charge on any atom is 0.243 e. The molecular formula is C10H16N4OS. The van der Waals surface area contributed by atoms with E-state index in [-0.39, 0.29) is 11.9 Å². The SMILES string of the molecule is CCCc1n[nH]c(=S)n1C1CCCNC1=O. The van der Waals surface area contributed by atoms with Gasteiger partial charge in [-0.15, -0.1) is 0 Å². The van der Waals surface area contributed by atoms with Gasteiger partial charge < -0.3 is 5.32 Å². The Labute approximate surface area is 99.2 Å². The molecule has 2 rings (SSSR count). The van der Waals surface area contributed by atoms with Gasteiger partial charge in [0.15, 0.2) is 4.77 Å². The number of aromatic amines is 1. The van der Waals surface area contributed by atoms with Gasteiger partial charge in [0.25, 0.3) is 0 Å². The van der Waals surface area contributed by atoms with Crippen molar-refractivity contribution in [1.29, 1.82) is 0 Å². The first-order valence-corrected chi connectivity index (χ1v) is 6.08. The van der Waals surface area contributed by atoms with Crippen LogP contribution < -0.4 is 5.32 Å². The molecule has 1 amide bonds. The molecule has 1 aliphatic heterocycles. The van der Waals surface area contributed by atoms with Crippen LogP contribution in [-0.2, 0) is 11.2 Å². The number of rotatable bonds is 3. The molecule has 88 valence electrons. The Kier molecular flexibility index (Phi) is 3.38. The summed E-state index contributed by atoms with van der Waals surface area (Å²) >= 11 is 5.19. The number of hydrogen-bond donors (Lipinski definition) is 2. The fourth-order valence-electron chi connectivity index (χ4n) is 2.06. The lowest BCUT2D eigenvalue weighted by molar-refractivity contribution is -0.125. The third kappa shape index (κ3) is 2.02. The second kappa shape index (κ2) is 4.78. The van der Waals surface area contributed by atoms with E-state index in [1.54, 1.807) is 0 Å². The predicted molar refractivity (Wildman–Crippen MR) is 62.7 cm³/mol. The highest BCUT2D eigenvalue weighted by molar-refractivity contribution is 7.71. The van der Waals surface area contributed by atoms with Gasteiger partial charge in [0.2, 0.25) is 5.91 Å². The van der Waals surface area contributed by atoms with Crippen molar-refractivity contribution in [3.05, 3.63) is 10.6 Å². The molecule has 0 aromatic carbocycles. The second-order valence-electron chi connectivity index (χ2n) is 4.01. The normalized spacial score (nSPS) is 20.8.